The third-order valence-electron chi connectivity index (χ3n) is 6.10. The minimum absolute atomic E-state index is 0.354. The molecule has 0 aromatic carbocycles. The van der Waals surface area contributed by atoms with Crippen LogP contribution < -0.4 is 0 Å². The van der Waals surface area contributed by atoms with Gasteiger partial charge in [-0.25, -0.2) is 5.01 Å². The van der Waals surface area contributed by atoms with E-state index in [2.05, 4.69) is 37.7 Å². The predicted molar refractivity (Wildman–Crippen MR) is 134 cm³/mol. The molecule has 0 aliphatic carbocycles. The molecule has 0 unspecified atom stereocenters. The van der Waals surface area contributed by atoms with E-state index in [1.165, 1.54) is 103 Å². The van der Waals surface area contributed by atoms with Crippen LogP contribution in [0.2, 0.25) is 0 Å². The number of hydrogen-bond acceptors (Lipinski definition) is 2. The van der Waals surface area contributed by atoms with Crippen molar-refractivity contribution in [1.82, 2.24) is 10.0 Å². The molecule has 0 aliphatic rings. The van der Waals surface area contributed by atoms with Gasteiger partial charge < -0.3 is 0 Å². The van der Waals surface area contributed by atoms with Crippen LogP contribution in [0.25, 0.3) is 0 Å². The first-order chi connectivity index (χ1) is 14.7. The van der Waals surface area contributed by atoms with Gasteiger partial charge in [0.1, 0.15) is 0 Å². The maximum Gasteiger partial charge on any atom is 0.236 e. The molecule has 180 valence electrons. The van der Waals surface area contributed by atoms with Crippen molar-refractivity contribution in [2.75, 3.05) is 19.6 Å². The van der Waals surface area contributed by atoms with E-state index in [0.29, 0.717) is 5.91 Å². The molecule has 0 fully saturated rings. The average molecular weight is 425 g/mol. The van der Waals surface area contributed by atoms with E-state index in [4.69, 9.17) is 0 Å². The molecule has 30 heavy (non-hydrogen) atoms. The van der Waals surface area contributed by atoms with Gasteiger partial charge in [0, 0.05) is 26.1 Å². The largest absolute Gasteiger partial charge is 0.275 e. The van der Waals surface area contributed by atoms with Gasteiger partial charge in [0.2, 0.25) is 5.91 Å². The highest BCUT2D eigenvalue weighted by Crippen LogP contribution is 2.14. The van der Waals surface area contributed by atoms with Crippen LogP contribution in [-0.2, 0) is 4.79 Å². The van der Waals surface area contributed by atoms with Crippen LogP contribution >= 0.6 is 0 Å². The molecule has 0 aromatic rings. The predicted octanol–water partition coefficient (Wildman–Crippen LogP) is 8.52. The van der Waals surface area contributed by atoms with Crippen LogP contribution in [0.4, 0.5) is 0 Å². The van der Waals surface area contributed by atoms with Gasteiger partial charge in [0.15, 0.2) is 0 Å². The van der Waals surface area contributed by atoms with E-state index in [1.807, 2.05) is 0 Å². The van der Waals surface area contributed by atoms with E-state index >= 15 is 0 Å². The normalized spacial score (nSPS) is 11.4. The Hall–Kier alpha value is -0.570. The third-order valence-corrected chi connectivity index (χ3v) is 6.10. The summed E-state index contributed by atoms with van der Waals surface area (Å²) in [6.07, 6.45) is 24.1. The Kier molecular flexibility index (Phi) is 22.7. The van der Waals surface area contributed by atoms with Crippen molar-refractivity contribution in [2.24, 2.45) is 0 Å². The van der Waals surface area contributed by atoms with Crippen LogP contribution in [0.1, 0.15) is 150 Å². The summed E-state index contributed by atoms with van der Waals surface area (Å²) in [6, 6.07) is 0. The number of unbranched alkanes of at least 4 members (excludes halogenated alkanes) is 14. The number of nitrogens with zero attached hydrogens (tertiary/aromatic N) is 2. The summed E-state index contributed by atoms with van der Waals surface area (Å²) in [6.45, 7) is 11.9. The molecule has 0 spiro atoms. The molecule has 0 aliphatic heterocycles. The second-order valence-corrected chi connectivity index (χ2v) is 9.17. The molecule has 0 radical (unpaired) electrons. The monoisotopic (exact) mass is 424 g/mol. The van der Waals surface area contributed by atoms with Crippen molar-refractivity contribution < 1.29 is 4.79 Å². The molecule has 0 bridgehead atoms. The molecule has 3 nitrogen and oxygen atoms in total. The molecule has 0 heterocycles. The summed E-state index contributed by atoms with van der Waals surface area (Å²) in [5.41, 5.74) is 0. The lowest BCUT2D eigenvalue weighted by Gasteiger charge is -2.35. The average Bonchev–Trinajstić information content (AvgIpc) is 2.75. The zero-order chi connectivity index (χ0) is 22.3. The molecular weight excluding hydrogens is 368 g/mol. The first-order valence-electron chi connectivity index (χ1n) is 13.8. The fourth-order valence-corrected chi connectivity index (χ4v) is 4.09. The van der Waals surface area contributed by atoms with Gasteiger partial charge >= 0.3 is 0 Å². The summed E-state index contributed by atoms with van der Waals surface area (Å²) in [5.74, 6) is 0.354. The van der Waals surface area contributed by atoms with Gasteiger partial charge in [-0.2, -0.15) is 0 Å². The lowest BCUT2D eigenvalue weighted by atomic mass is 10.0. The lowest BCUT2D eigenvalue weighted by Crippen LogP contribution is -2.47. The Morgan fingerprint density at radius 3 is 1.27 bits per heavy atom. The summed E-state index contributed by atoms with van der Waals surface area (Å²) in [4.78, 5) is 12.9. The molecule has 1 amide bonds. The summed E-state index contributed by atoms with van der Waals surface area (Å²) < 4.78 is 0. The van der Waals surface area contributed by atoms with Gasteiger partial charge in [0.25, 0.3) is 0 Å². The first kappa shape index (κ1) is 29.4. The highest BCUT2D eigenvalue weighted by molar-refractivity contribution is 5.75. The van der Waals surface area contributed by atoms with Crippen LogP contribution in [0.5, 0.6) is 0 Å². The summed E-state index contributed by atoms with van der Waals surface area (Å²) >= 11 is 0. The molecule has 0 aromatic heterocycles. The molecule has 3 heteroatoms. The van der Waals surface area contributed by atoms with Crippen molar-refractivity contribution in [3.8, 4) is 0 Å². The minimum atomic E-state index is 0.354. The molecule has 0 rings (SSSR count). The van der Waals surface area contributed by atoms with Gasteiger partial charge in [-0.1, -0.05) is 118 Å². The van der Waals surface area contributed by atoms with E-state index in [1.54, 1.807) is 0 Å². The van der Waals surface area contributed by atoms with E-state index in [9.17, 15) is 4.79 Å². The maximum atomic E-state index is 12.9. The highest BCUT2D eigenvalue weighted by Gasteiger charge is 2.19. The standard InChI is InChI=1S/C27H56N2O/c1-5-9-12-13-14-15-16-17-18-19-20-21-22-23-27(30)29(24-8-4)28(25-10-6-2)26-11-7-3/h5-26H2,1-4H3. The number of carbonyl (C=O) groups excluding carboxylic acids is 1. The number of hydrogen-bond donors (Lipinski definition) is 0. The fraction of sp³-hybridized carbons (Fsp3) is 0.963. The molecule has 0 saturated heterocycles. The van der Waals surface area contributed by atoms with Crippen LogP contribution in [-0.4, -0.2) is 35.6 Å². The van der Waals surface area contributed by atoms with Crippen molar-refractivity contribution in [3.63, 3.8) is 0 Å². The van der Waals surface area contributed by atoms with E-state index < -0.39 is 0 Å². The summed E-state index contributed by atoms with van der Waals surface area (Å²) in [7, 11) is 0. The van der Waals surface area contributed by atoms with Crippen molar-refractivity contribution in [2.45, 2.75) is 150 Å². The fourth-order valence-electron chi connectivity index (χ4n) is 4.09. The maximum absolute atomic E-state index is 12.9. The number of rotatable bonds is 23. The highest BCUT2D eigenvalue weighted by atomic mass is 16.2. The summed E-state index contributed by atoms with van der Waals surface area (Å²) in [5, 5.41) is 4.44. The van der Waals surface area contributed by atoms with Crippen molar-refractivity contribution >= 4 is 5.91 Å². The van der Waals surface area contributed by atoms with Crippen molar-refractivity contribution in [1.29, 1.82) is 0 Å². The van der Waals surface area contributed by atoms with Crippen LogP contribution in [0.3, 0.4) is 0 Å². The second kappa shape index (κ2) is 23.1. The lowest BCUT2D eigenvalue weighted by molar-refractivity contribution is -0.150. The van der Waals surface area contributed by atoms with Gasteiger partial charge in [-0.05, 0) is 25.7 Å². The topological polar surface area (TPSA) is 23.6 Å². The second-order valence-electron chi connectivity index (χ2n) is 9.17. The Balaban J connectivity index is 3.90. The Bertz CT molecular complexity index is 351. The minimum Gasteiger partial charge on any atom is -0.275 e. The number of hydrazine groups is 1. The van der Waals surface area contributed by atoms with Crippen LogP contribution in [0, 0.1) is 0 Å². The first-order valence-corrected chi connectivity index (χ1v) is 13.8. The van der Waals surface area contributed by atoms with Gasteiger partial charge in [0.05, 0.1) is 0 Å². The van der Waals surface area contributed by atoms with Gasteiger partial charge in [-0.3, -0.25) is 9.80 Å². The van der Waals surface area contributed by atoms with Gasteiger partial charge in [-0.15, -0.1) is 0 Å². The molecule has 0 N–H and O–H groups in total. The Morgan fingerprint density at radius 2 is 0.867 bits per heavy atom. The molecular formula is C27H56N2O. The zero-order valence-electron chi connectivity index (χ0n) is 21.4. The SMILES string of the molecule is CCCCCCCCCCCCCCCC(=O)N(CCC)N(CCCC)CCCC. The van der Waals surface area contributed by atoms with E-state index in [-0.39, 0.29) is 0 Å². The molecule has 0 saturated carbocycles. The Labute approximate surface area is 190 Å². The van der Waals surface area contributed by atoms with E-state index in [0.717, 1.165) is 38.9 Å². The number of carbonyl (C=O) groups is 1. The zero-order valence-corrected chi connectivity index (χ0v) is 21.4. The quantitative estimate of drug-likeness (QED) is 0.121. The number of amides is 1. The Morgan fingerprint density at radius 1 is 0.467 bits per heavy atom. The van der Waals surface area contributed by atoms with Crippen molar-refractivity contribution in [3.05, 3.63) is 0 Å². The third kappa shape index (κ3) is 17.1. The molecule has 0 atom stereocenters. The van der Waals surface area contributed by atoms with Crippen LogP contribution in [0.15, 0.2) is 0 Å². The smallest absolute Gasteiger partial charge is 0.236 e.